The van der Waals surface area contributed by atoms with Gasteiger partial charge in [0.1, 0.15) is 35.0 Å². The van der Waals surface area contributed by atoms with Gasteiger partial charge in [0.15, 0.2) is 0 Å². The molecule has 0 atom stereocenters. The van der Waals surface area contributed by atoms with Crippen molar-refractivity contribution in [1.29, 1.82) is 0 Å². The molecule has 0 bridgehead atoms. The Bertz CT molecular complexity index is 769. The van der Waals surface area contributed by atoms with Gasteiger partial charge in [-0.3, -0.25) is 0 Å². The standard InChI is InChI=1S/2C6H5ClO.2C5H8O3.Ti/c2*7-5-2-1-3-6(8)4-5;2*1-3-8-4(2)5(6)7;/h2*1-4,8H;2*2-3H2,1H3,(H,6,7);/q;;;;+2/p-2. The summed E-state index contributed by atoms with van der Waals surface area (Å²) in [5, 5.41) is 38.1. The molecule has 0 spiro atoms. The van der Waals surface area contributed by atoms with Gasteiger partial charge in [-0.15, -0.1) is 0 Å². The molecule has 0 aliphatic carbocycles. The van der Waals surface area contributed by atoms with Crippen LogP contribution < -0.4 is 10.2 Å². The first kappa shape index (κ1) is 35.0. The fourth-order valence-corrected chi connectivity index (χ4v) is 1.79. The van der Waals surface area contributed by atoms with Crippen molar-refractivity contribution < 1.29 is 61.2 Å². The van der Waals surface area contributed by atoms with Crippen molar-refractivity contribution in [3.05, 3.63) is 83.3 Å². The third-order valence-electron chi connectivity index (χ3n) is 2.71. The van der Waals surface area contributed by atoms with Gasteiger partial charge in [0.2, 0.25) is 0 Å². The summed E-state index contributed by atoms with van der Waals surface area (Å²) < 4.78 is 8.89. The Morgan fingerprint density at radius 3 is 1.24 bits per heavy atom. The van der Waals surface area contributed by atoms with Crippen LogP contribution in [0.2, 0.25) is 10.0 Å². The molecule has 178 valence electrons. The molecule has 0 radical (unpaired) electrons. The van der Waals surface area contributed by atoms with Gasteiger partial charge >= 0.3 is 21.7 Å². The third-order valence-corrected chi connectivity index (χ3v) is 3.18. The van der Waals surface area contributed by atoms with E-state index in [-0.39, 0.29) is 44.7 Å². The summed E-state index contributed by atoms with van der Waals surface area (Å²) in [4.78, 5) is 19.5. The van der Waals surface area contributed by atoms with Crippen LogP contribution in [0.3, 0.4) is 0 Å². The molecule has 2 rings (SSSR count). The Kier molecular flexibility index (Phi) is 22.5. The van der Waals surface area contributed by atoms with Gasteiger partial charge < -0.3 is 39.5 Å². The van der Waals surface area contributed by atoms with Crippen molar-refractivity contribution in [2.45, 2.75) is 13.8 Å². The number of carboxylic acids is 2. The van der Waals surface area contributed by atoms with Crippen LogP contribution in [0.5, 0.6) is 11.5 Å². The van der Waals surface area contributed by atoms with Crippen molar-refractivity contribution in [3.63, 3.8) is 0 Å². The Balaban J connectivity index is -0.000000360. The minimum atomic E-state index is -1.35. The van der Waals surface area contributed by atoms with Crippen LogP contribution in [0.1, 0.15) is 13.8 Å². The second-order valence-electron chi connectivity index (χ2n) is 5.25. The number of ether oxygens (including phenoxy) is 2. The summed E-state index contributed by atoms with van der Waals surface area (Å²) in [6.07, 6.45) is 0. The van der Waals surface area contributed by atoms with Crippen LogP contribution in [0.15, 0.2) is 73.2 Å². The van der Waals surface area contributed by atoms with E-state index < -0.39 is 11.9 Å². The van der Waals surface area contributed by atoms with E-state index in [1.54, 1.807) is 50.2 Å². The topological polar surface area (TPSA) is 139 Å². The summed E-state index contributed by atoms with van der Waals surface area (Å²) in [7, 11) is 0. The molecule has 0 heterocycles. The molecular weight excluding hydrogens is 511 g/mol. The fourth-order valence-electron chi connectivity index (χ4n) is 1.42. The first-order chi connectivity index (χ1) is 14.9. The normalized spacial score (nSPS) is 8.36. The molecule has 11 heteroatoms. The first-order valence-corrected chi connectivity index (χ1v) is 9.65. The van der Waals surface area contributed by atoms with E-state index in [2.05, 4.69) is 22.6 Å². The van der Waals surface area contributed by atoms with E-state index in [1.807, 2.05) is 0 Å². The van der Waals surface area contributed by atoms with E-state index in [0.29, 0.717) is 23.3 Å². The van der Waals surface area contributed by atoms with Crippen LogP contribution in [-0.2, 0) is 40.8 Å². The zero-order chi connectivity index (χ0) is 25.1. The minimum Gasteiger partial charge on any atom is -0.542 e. The summed E-state index contributed by atoms with van der Waals surface area (Å²) >= 11 is 11.0. The van der Waals surface area contributed by atoms with Crippen LogP contribution in [0, 0.1) is 0 Å². The van der Waals surface area contributed by atoms with E-state index in [1.165, 1.54) is 12.1 Å². The van der Waals surface area contributed by atoms with Gasteiger partial charge in [0, 0.05) is 10.0 Å². The van der Waals surface area contributed by atoms with Crippen LogP contribution >= 0.6 is 23.2 Å². The molecule has 2 aromatic rings. The fraction of sp³-hybridized carbons (Fsp3) is 0.182. The number of halogens is 2. The van der Waals surface area contributed by atoms with Crippen molar-refractivity contribution in [2.24, 2.45) is 0 Å². The predicted octanol–water partition coefficient (Wildman–Crippen LogP) is 2.66. The molecule has 8 nitrogen and oxygen atoms in total. The monoisotopic (exact) mass is 534 g/mol. The van der Waals surface area contributed by atoms with Gasteiger partial charge in [0.25, 0.3) is 0 Å². The maximum Gasteiger partial charge on any atom is 2.00 e. The molecular formula is C22H24Cl2O8Ti. The maximum atomic E-state index is 9.75. The first-order valence-electron chi connectivity index (χ1n) is 8.89. The molecule has 0 aromatic heterocycles. The predicted molar refractivity (Wildman–Crippen MR) is 118 cm³/mol. The summed E-state index contributed by atoms with van der Waals surface area (Å²) in [6, 6.07) is 12.9. The molecule has 0 aliphatic heterocycles. The van der Waals surface area contributed by atoms with E-state index in [4.69, 9.17) is 33.4 Å². The number of benzene rings is 2. The molecule has 0 saturated heterocycles. The van der Waals surface area contributed by atoms with Gasteiger partial charge in [-0.05, 0) is 50.2 Å². The number of carbonyl (C=O) groups excluding carboxylic acids is 2. The molecule has 2 aromatic carbocycles. The number of aromatic hydroxyl groups is 2. The summed E-state index contributed by atoms with van der Waals surface area (Å²) in [5.74, 6) is -2.92. The van der Waals surface area contributed by atoms with Crippen molar-refractivity contribution in [2.75, 3.05) is 13.2 Å². The molecule has 0 unspecified atom stereocenters. The van der Waals surface area contributed by atoms with Crippen molar-refractivity contribution in [3.8, 4) is 11.5 Å². The number of rotatable bonds is 6. The molecule has 0 saturated carbocycles. The molecule has 0 amide bonds. The van der Waals surface area contributed by atoms with E-state index in [9.17, 15) is 19.8 Å². The molecule has 33 heavy (non-hydrogen) atoms. The summed E-state index contributed by atoms with van der Waals surface area (Å²) in [6.45, 7) is 10.1. The number of phenols is 2. The van der Waals surface area contributed by atoms with Crippen molar-refractivity contribution in [1.82, 2.24) is 0 Å². The molecule has 2 N–H and O–H groups in total. The second-order valence-corrected chi connectivity index (χ2v) is 6.12. The summed E-state index contributed by atoms with van der Waals surface area (Å²) in [5.41, 5.74) is 0. The Morgan fingerprint density at radius 2 is 1.12 bits per heavy atom. The van der Waals surface area contributed by atoms with Gasteiger partial charge in [-0.1, -0.05) is 48.5 Å². The minimum absolute atomic E-state index is 0. The smallest absolute Gasteiger partial charge is 0.542 e. The number of carbonyl (C=O) groups is 2. The van der Waals surface area contributed by atoms with Gasteiger partial charge in [0.05, 0.1) is 13.2 Å². The average Bonchev–Trinajstić information content (AvgIpc) is 2.69. The van der Waals surface area contributed by atoms with Crippen LogP contribution in [0.25, 0.3) is 0 Å². The Morgan fingerprint density at radius 1 is 0.818 bits per heavy atom. The van der Waals surface area contributed by atoms with Gasteiger partial charge in [-0.2, -0.15) is 0 Å². The Hall–Kier alpha value is -2.65. The van der Waals surface area contributed by atoms with Crippen LogP contribution in [0.4, 0.5) is 0 Å². The number of phenolic OH excluding ortho intramolecular Hbond substituents is 2. The average molecular weight is 535 g/mol. The van der Waals surface area contributed by atoms with Crippen LogP contribution in [-0.4, -0.2) is 35.4 Å². The number of hydrogen-bond donors (Lipinski definition) is 2. The van der Waals surface area contributed by atoms with E-state index >= 15 is 0 Å². The number of aliphatic carboxylic acids is 2. The molecule has 0 fully saturated rings. The zero-order valence-electron chi connectivity index (χ0n) is 18.0. The molecule has 0 aliphatic rings. The van der Waals surface area contributed by atoms with Gasteiger partial charge in [-0.25, -0.2) is 0 Å². The quantitative estimate of drug-likeness (QED) is 0.327. The third kappa shape index (κ3) is 22.3. The maximum absolute atomic E-state index is 9.75. The number of hydrogen-bond acceptors (Lipinski definition) is 8. The second kappa shape index (κ2) is 21.2. The van der Waals surface area contributed by atoms with Crippen molar-refractivity contribution >= 4 is 35.1 Å². The Labute approximate surface area is 217 Å². The zero-order valence-corrected chi connectivity index (χ0v) is 21.1. The number of carboxylic acid groups (broad SMARTS) is 2. The largest absolute Gasteiger partial charge is 2.00 e. The SMILES string of the molecule is C=C(OCC)C(=O)[O-].C=C(OCC)C(=O)[O-].Oc1cccc(Cl)c1.Oc1cccc(Cl)c1.[Ti+2]. The van der Waals surface area contributed by atoms with E-state index in [0.717, 1.165) is 0 Å².